The quantitative estimate of drug-likeness (QED) is 0.175. The van der Waals surface area contributed by atoms with Gasteiger partial charge in [0.25, 0.3) is 10.0 Å². The van der Waals surface area contributed by atoms with E-state index in [2.05, 4.69) is 5.32 Å². The van der Waals surface area contributed by atoms with Crippen molar-refractivity contribution in [2.24, 2.45) is 0 Å². The van der Waals surface area contributed by atoms with Gasteiger partial charge in [-0.15, -0.1) is 0 Å². The molecular formula is C37H39ClFN3O4S. The van der Waals surface area contributed by atoms with Crippen molar-refractivity contribution < 1.29 is 22.4 Å². The van der Waals surface area contributed by atoms with E-state index in [4.69, 9.17) is 11.6 Å². The zero-order valence-corrected chi connectivity index (χ0v) is 28.1. The van der Waals surface area contributed by atoms with Crippen LogP contribution in [0.2, 0.25) is 5.02 Å². The number of benzene rings is 4. The van der Waals surface area contributed by atoms with Gasteiger partial charge < -0.3 is 10.2 Å². The third-order valence-corrected chi connectivity index (χ3v) is 10.6. The standard InChI is InChI=1S/C37H39ClFN3O4S/c1-26-16-20-32(21-17-26)47(45,46)42(34-23-30(38)19-18-27(34)2)25-36(43)41(24-29-12-6-9-15-33(29)39)35(22-28-10-4-3-5-11-28)37(44)40-31-13-7-8-14-31/h3-6,9-12,15-21,23,31,35H,7-8,13-14,22,24-25H2,1-2H3,(H,40,44)/t35-/m1/s1. The number of rotatable bonds is 12. The van der Waals surface area contributed by atoms with Crippen molar-refractivity contribution in [2.75, 3.05) is 10.8 Å². The lowest BCUT2D eigenvalue weighted by atomic mass is 10.0. The predicted octanol–water partition coefficient (Wildman–Crippen LogP) is 6.99. The van der Waals surface area contributed by atoms with Gasteiger partial charge in [-0.2, -0.15) is 0 Å². The maximum atomic E-state index is 15.1. The molecule has 1 atom stereocenters. The number of anilines is 1. The third-order valence-electron chi connectivity index (χ3n) is 8.60. The molecule has 1 fully saturated rings. The molecule has 4 aromatic carbocycles. The lowest BCUT2D eigenvalue weighted by Crippen LogP contribution is -2.54. The van der Waals surface area contributed by atoms with Crippen LogP contribution in [-0.4, -0.2) is 43.8 Å². The van der Waals surface area contributed by atoms with Crippen LogP contribution in [0.5, 0.6) is 0 Å². The average Bonchev–Trinajstić information content (AvgIpc) is 3.57. The molecule has 5 rings (SSSR count). The van der Waals surface area contributed by atoms with Crippen molar-refractivity contribution in [1.29, 1.82) is 0 Å². The maximum absolute atomic E-state index is 15.1. The molecule has 47 heavy (non-hydrogen) atoms. The fraction of sp³-hybridized carbons (Fsp3) is 0.297. The Hall–Kier alpha value is -4.21. The number of hydrogen-bond acceptors (Lipinski definition) is 4. The molecule has 0 aliphatic heterocycles. The summed E-state index contributed by atoms with van der Waals surface area (Å²) in [5.41, 5.74) is 2.70. The van der Waals surface area contributed by atoms with E-state index in [9.17, 15) is 18.0 Å². The normalized spacial score (nSPS) is 14.0. The minimum atomic E-state index is -4.29. The first-order valence-electron chi connectivity index (χ1n) is 15.8. The summed E-state index contributed by atoms with van der Waals surface area (Å²) < 4.78 is 44.7. The van der Waals surface area contributed by atoms with Crippen molar-refractivity contribution in [3.63, 3.8) is 0 Å². The Kier molecular flexibility index (Phi) is 11.0. The molecule has 1 saturated carbocycles. The SMILES string of the molecule is Cc1ccc(S(=O)(=O)N(CC(=O)N(Cc2ccccc2F)[C@H](Cc2ccccc2)C(=O)NC2CCCC2)c2cc(Cl)ccc2C)cc1. The molecule has 0 heterocycles. The topological polar surface area (TPSA) is 86.8 Å². The van der Waals surface area contributed by atoms with Gasteiger partial charge in [0.2, 0.25) is 11.8 Å². The molecule has 0 unspecified atom stereocenters. The summed E-state index contributed by atoms with van der Waals surface area (Å²) in [6.45, 7) is 2.70. The van der Waals surface area contributed by atoms with E-state index in [1.54, 1.807) is 49.4 Å². The number of carbonyl (C=O) groups excluding carboxylic acids is 2. The Labute approximate surface area is 281 Å². The molecule has 0 saturated heterocycles. The molecule has 0 aromatic heterocycles. The van der Waals surface area contributed by atoms with Crippen LogP contribution in [-0.2, 0) is 32.6 Å². The number of sulfonamides is 1. The second-order valence-corrected chi connectivity index (χ2v) is 14.4. The highest BCUT2D eigenvalue weighted by Gasteiger charge is 2.36. The third kappa shape index (κ3) is 8.39. The fourth-order valence-electron chi connectivity index (χ4n) is 5.93. The highest BCUT2D eigenvalue weighted by Crippen LogP contribution is 2.30. The Morgan fingerprint density at radius 1 is 0.915 bits per heavy atom. The van der Waals surface area contributed by atoms with E-state index >= 15 is 4.39 Å². The molecule has 10 heteroatoms. The van der Waals surface area contributed by atoms with Crippen LogP contribution in [0.25, 0.3) is 0 Å². The molecule has 7 nitrogen and oxygen atoms in total. The molecular weight excluding hydrogens is 637 g/mol. The number of hydrogen-bond donors (Lipinski definition) is 1. The second-order valence-electron chi connectivity index (χ2n) is 12.1. The molecule has 4 aromatic rings. The lowest BCUT2D eigenvalue weighted by Gasteiger charge is -2.34. The molecule has 0 spiro atoms. The second kappa shape index (κ2) is 15.1. The lowest BCUT2D eigenvalue weighted by molar-refractivity contribution is -0.140. The van der Waals surface area contributed by atoms with Crippen molar-refractivity contribution in [1.82, 2.24) is 10.2 Å². The monoisotopic (exact) mass is 675 g/mol. The molecule has 1 aliphatic rings. The average molecular weight is 676 g/mol. The Bertz CT molecular complexity index is 1810. The largest absolute Gasteiger partial charge is 0.352 e. The van der Waals surface area contributed by atoms with Gasteiger partial charge in [-0.1, -0.05) is 96.7 Å². The minimum Gasteiger partial charge on any atom is -0.352 e. The number of nitrogens with zero attached hydrogens (tertiary/aromatic N) is 2. The molecule has 2 amide bonds. The molecule has 246 valence electrons. The van der Waals surface area contributed by atoms with Gasteiger partial charge in [-0.3, -0.25) is 13.9 Å². The summed E-state index contributed by atoms with van der Waals surface area (Å²) in [7, 11) is -4.29. The van der Waals surface area contributed by atoms with Crippen LogP contribution in [0.1, 0.15) is 47.9 Å². The van der Waals surface area contributed by atoms with E-state index in [0.29, 0.717) is 10.6 Å². The van der Waals surface area contributed by atoms with Crippen molar-refractivity contribution in [3.05, 3.63) is 130 Å². The number of halogens is 2. The zero-order valence-electron chi connectivity index (χ0n) is 26.5. The number of carbonyl (C=O) groups is 2. The van der Waals surface area contributed by atoms with Gasteiger partial charge in [0.1, 0.15) is 18.4 Å². The summed E-state index contributed by atoms with van der Waals surface area (Å²) in [5, 5.41) is 3.42. The van der Waals surface area contributed by atoms with E-state index in [-0.39, 0.29) is 41.1 Å². The number of amides is 2. The Morgan fingerprint density at radius 2 is 1.57 bits per heavy atom. The van der Waals surface area contributed by atoms with Gasteiger partial charge >= 0.3 is 0 Å². The van der Waals surface area contributed by atoms with Crippen molar-refractivity contribution >= 4 is 39.1 Å². The van der Waals surface area contributed by atoms with Gasteiger partial charge in [0.15, 0.2) is 0 Å². The van der Waals surface area contributed by atoms with Gasteiger partial charge in [0, 0.05) is 29.6 Å². The Morgan fingerprint density at radius 3 is 2.26 bits per heavy atom. The summed E-state index contributed by atoms with van der Waals surface area (Å²) in [6.07, 6.45) is 3.82. The van der Waals surface area contributed by atoms with Crippen LogP contribution in [0.15, 0.2) is 102 Å². The van der Waals surface area contributed by atoms with E-state index in [0.717, 1.165) is 41.1 Å². The van der Waals surface area contributed by atoms with Crippen molar-refractivity contribution in [2.45, 2.75) is 69.5 Å². The van der Waals surface area contributed by atoms with Crippen LogP contribution in [0.4, 0.5) is 10.1 Å². The first-order valence-corrected chi connectivity index (χ1v) is 17.6. The summed E-state index contributed by atoms with van der Waals surface area (Å²) in [6, 6.07) is 25.5. The Balaban J connectivity index is 1.60. The number of nitrogens with one attached hydrogen (secondary N) is 1. The summed E-state index contributed by atoms with van der Waals surface area (Å²) in [4.78, 5) is 30.0. The van der Waals surface area contributed by atoms with Crippen LogP contribution in [0.3, 0.4) is 0 Å². The minimum absolute atomic E-state index is 0.00394. The molecule has 0 bridgehead atoms. The van der Waals surface area contributed by atoms with Crippen LogP contribution >= 0.6 is 11.6 Å². The predicted molar refractivity (Wildman–Crippen MR) is 183 cm³/mol. The smallest absolute Gasteiger partial charge is 0.264 e. The highest BCUT2D eigenvalue weighted by molar-refractivity contribution is 7.92. The zero-order chi connectivity index (χ0) is 33.6. The van der Waals surface area contributed by atoms with Gasteiger partial charge in [-0.05, 0) is 68.1 Å². The molecule has 1 aliphatic carbocycles. The highest BCUT2D eigenvalue weighted by atomic mass is 35.5. The summed E-state index contributed by atoms with van der Waals surface area (Å²) >= 11 is 6.35. The van der Waals surface area contributed by atoms with E-state index in [1.165, 1.54) is 29.2 Å². The summed E-state index contributed by atoms with van der Waals surface area (Å²) in [5.74, 6) is -1.56. The maximum Gasteiger partial charge on any atom is 0.264 e. The first-order chi connectivity index (χ1) is 22.5. The van der Waals surface area contributed by atoms with Crippen LogP contribution < -0.4 is 9.62 Å². The van der Waals surface area contributed by atoms with E-state index in [1.807, 2.05) is 37.3 Å². The first kappa shape index (κ1) is 34.1. The fourth-order valence-corrected chi connectivity index (χ4v) is 7.57. The van der Waals surface area contributed by atoms with E-state index < -0.39 is 34.3 Å². The molecule has 0 radical (unpaired) electrons. The molecule has 1 N–H and O–H groups in total. The van der Waals surface area contributed by atoms with Crippen molar-refractivity contribution in [3.8, 4) is 0 Å². The van der Waals surface area contributed by atoms with Gasteiger partial charge in [0.05, 0.1) is 10.6 Å². The van der Waals surface area contributed by atoms with Crippen LogP contribution in [0, 0.1) is 19.7 Å². The van der Waals surface area contributed by atoms with Gasteiger partial charge in [-0.25, -0.2) is 12.8 Å². The number of aryl methyl sites for hydroxylation is 2.